The van der Waals surface area contributed by atoms with Gasteiger partial charge < -0.3 is 9.64 Å². The third kappa shape index (κ3) is 5.23. The first-order chi connectivity index (χ1) is 10.0. The maximum absolute atomic E-state index is 12.3. The molecule has 0 radical (unpaired) electrons. The minimum Gasteiger partial charge on any atom is -0.383 e. The zero-order chi connectivity index (χ0) is 15.8. The van der Waals surface area contributed by atoms with Crippen molar-refractivity contribution < 1.29 is 14.3 Å². The van der Waals surface area contributed by atoms with Crippen molar-refractivity contribution in [1.82, 2.24) is 9.80 Å². The van der Waals surface area contributed by atoms with Gasteiger partial charge in [-0.1, -0.05) is 37.8 Å². The normalized spacial score (nSPS) is 18.4. The van der Waals surface area contributed by atoms with Crippen molar-refractivity contribution in [2.75, 3.05) is 33.4 Å². The summed E-state index contributed by atoms with van der Waals surface area (Å²) in [6.07, 6.45) is 2.08. The molecule has 1 unspecified atom stereocenters. The van der Waals surface area contributed by atoms with Crippen LogP contribution in [0.2, 0.25) is 0 Å². The summed E-state index contributed by atoms with van der Waals surface area (Å²) in [5.74, 6) is -0.0238. The second-order valence-corrected chi connectivity index (χ2v) is 6.78. The van der Waals surface area contributed by atoms with Gasteiger partial charge in [-0.2, -0.15) is 0 Å². The number of nitrogens with zero attached hydrogens (tertiary/aromatic N) is 2. The summed E-state index contributed by atoms with van der Waals surface area (Å²) >= 11 is 6.54. The molecule has 0 N–H and O–H groups in total. The van der Waals surface area contributed by atoms with Crippen LogP contribution in [0.25, 0.3) is 0 Å². The molecule has 1 aliphatic rings. The lowest BCUT2D eigenvalue weighted by atomic mass is 10.2. The summed E-state index contributed by atoms with van der Waals surface area (Å²) in [5, 5.41) is -0.377. The number of carbonyl (C=O) groups excluding carboxylic acids is 2. The van der Waals surface area contributed by atoms with Crippen LogP contribution >= 0.6 is 24.0 Å². The maximum Gasteiger partial charge on any atom is 0.242 e. The highest BCUT2D eigenvalue weighted by molar-refractivity contribution is 8.24. The van der Waals surface area contributed by atoms with E-state index in [2.05, 4.69) is 0 Å². The van der Waals surface area contributed by atoms with Gasteiger partial charge in [0.15, 0.2) is 0 Å². The molecule has 0 aromatic heterocycles. The van der Waals surface area contributed by atoms with Crippen molar-refractivity contribution in [3.05, 3.63) is 0 Å². The summed E-state index contributed by atoms with van der Waals surface area (Å²) in [5.41, 5.74) is 0. The Morgan fingerprint density at radius 2 is 2.00 bits per heavy atom. The van der Waals surface area contributed by atoms with Crippen molar-refractivity contribution in [2.45, 2.75) is 38.4 Å². The molecule has 1 fully saturated rings. The molecule has 0 bridgehead atoms. The molecule has 1 heterocycles. The number of thioether (sulfide) groups is 1. The standard InChI is InChI=1S/C14H24N2O3S2/c1-4-6-15(7-5-2)12(17)10-11-13(18)16(8-9-19-3)14(20)21-11/h11H,4-10H2,1-3H3. The van der Waals surface area contributed by atoms with Gasteiger partial charge in [0.25, 0.3) is 0 Å². The lowest BCUT2D eigenvalue weighted by Gasteiger charge is -2.22. The van der Waals surface area contributed by atoms with Crippen LogP contribution in [0.5, 0.6) is 0 Å². The number of hydrogen-bond donors (Lipinski definition) is 0. The van der Waals surface area contributed by atoms with E-state index in [1.54, 1.807) is 12.0 Å². The van der Waals surface area contributed by atoms with E-state index in [9.17, 15) is 9.59 Å². The fraction of sp³-hybridized carbons (Fsp3) is 0.786. The monoisotopic (exact) mass is 332 g/mol. The molecular formula is C14H24N2O3S2. The molecule has 5 nitrogen and oxygen atoms in total. The highest BCUT2D eigenvalue weighted by Gasteiger charge is 2.38. The minimum absolute atomic E-state index is 0.0425. The van der Waals surface area contributed by atoms with E-state index in [1.165, 1.54) is 11.8 Å². The van der Waals surface area contributed by atoms with E-state index in [4.69, 9.17) is 17.0 Å². The molecule has 21 heavy (non-hydrogen) atoms. The molecule has 0 spiro atoms. The first kappa shape index (κ1) is 18.4. The number of methoxy groups -OCH3 is 1. The van der Waals surface area contributed by atoms with E-state index in [0.717, 1.165) is 25.9 Å². The fourth-order valence-corrected chi connectivity index (χ4v) is 3.74. The van der Waals surface area contributed by atoms with Crippen molar-refractivity contribution in [2.24, 2.45) is 0 Å². The molecule has 0 aliphatic carbocycles. The number of ether oxygens (including phenoxy) is 1. The smallest absolute Gasteiger partial charge is 0.242 e. The Kier molecular flexibility index (Phi) is 8.21. The van der Waals surface area contributed by atoms with Gasteiger partial charge >= 0.3 is 0 Å². The number of hydrogen-bond acceptors (Lipinski definition) is 5. The first-order valence-corrected chi connectivity index (χ1v) is 8.62. The minimum atomic E-state index is -0.377. The molecule has 1 atom stereocenters. The number of rotatable bonds is 9. The molecule has 0 aromatic carbocycles. The summed E-state index contributed by atoms with van der Waals surface area (Å²) < 4.78 is 5.53. The molecule has 0 saturated carbocycles. The quantitative estimate of drug-likeness (QED) is 0.604. The molecule has 1 saturated heterocycles. The van der Waals surface area contributed by atoms with Crippen LogP contribution in [0.4, 0.5) is 0 Å². The van der Waals surface area contributed by atoms with Gasteiger partial charge in [-0.3, -0.25) is 14.5 Å². The molecular weight excluding hydrogens is 308 g/mol. The molecule has 1 rings (SSSR count). The van der Waals surface area contributed by atoms with Gasteiger partial charge in [-0.25, -0.2) is 0 Å². The predicted molar refractivity (Wildman–Crippen MR) is 89.3 cm³/mol. The number of carbonyl (C=O) groups is 2. The fourth-order valence-electron chi connectivity index (χ4n) is 2.20. The highest BCUT2D eigenvalue weighted by atomic mass is 32.2. The summed E-state index contributed by atoms with van der Waals surface area (Å²) in [6.45, 7) is 6.50. The zero-order valence-electron chi connectivity index (χ0n) is 13.0. The number of amides is 2. The SMILES string of the molecule is CCCN(CCC)C(=O)CC1SC(=S)N(CCOC)C1=O. The van der Waals surface area contributed by atoms with Gasteiger partial charge in [0.1, 0.15) is 4.32 Å². The topological polar surface area (TPSA) is 49.9 Å². The molecule has 120 valence electrons. The van der Waals surface area contributed by atoms with E-state index in [-0.39, 0.29) is 23.5 Å². The Bertz CT molecular complexity index is 384. The third-order valence-electron chi connectivity index (χ3n) is 3.22. The van der Waals surface area contributed by atoms with Crippen LogP contribution in [-0.4, -0.2) is 64.5 Å². The number of thiocarbonyl (C=S) groups is 1. The average Bonchev–Trinajstić information content (AvgIpc) is 2.71. The Labute approximate surface area is 136 Å². The van der Waals surface area contributed by atoms with Crippen molar-refractivity contribution in [1.29, 1.82) is 0 Å². The van der Waals surface area contributed by atoms with Crippen molar-refractivity contribution in [3.8, 4) is 0 Å². The zero-order valence-corrected chi connectivity index (χ0v) is 14.6. The van der Waals surface area contributed by atoms with Gasteiger partial charge in [0, 0.05) is 26.6 Å². The highest BCUT2D eigenvalue weighted by Crippen LogP contribution is 2.29. The van der Waals surface area contributed by atoms with Crippen LogP contribution in [0, 0.1) is 0 Å². The van der Waals surface area contributed by atoms with Gasteiger partial charge in [-0.05, 0) is 12.8 Å². The van der Waals surface area contributed by atoms with Crippen LogP contribution in [0.1, 0.15) is 33.1 Å². The lowest BCUT2D eigenvalue weighted by Crippen LogP contribution is -2.38. The van der Waals surface area contributed by atoms with Crippen LogP contribution in [0.15, 0.2) is 0 Å². The largest absolute Gasteiger partial charge is 0.383 e. The Morgan fingerprint density at radius 1 is 1.38 bits per heavy atom. The van der Waals surface area contributed by atoms with Crippen LogP contribution in [-0.2, 0) is 14.3 Å². The van der Waals surface area contributed by atoms with E-state index < -0.39 is 0 Å². The molecule has 1 aliphatic heterocycles. The van der Waals surface area contributed by atoms with Crippen LogP contribution < -0.4 is 0 Å². The van der Waals surface area contributed by atoms with E-state index in [0.29, 0.717) is 17.5 Å². The summed E-state index contributed by atoms with van der Waals surface area (Å²) in [7, 11) is 1.59. The molecule has 0 aromatic rings. The first-order valence-electron chi connectivity index (χ1n) is 7.33. The summed E-state index contributed by atoms with van der Waals surface area (Å²) in [6, 6.07) is 0. The Morgan fingerprint density at radius 3 is 2.52 bits per heavy atom. The Hall–Kier alpha value is -0.660. The Balaban J connectivity index is 2.60. The summed E-state index contributed by atoms with van der Waals surface area (Å²) in [4.78, 5) is 28.0. The van der Waals surface area contributed by atoms with Gasteiger partial charge in [0.05, 0.1) is 18.4 Å². The van der Waals surface area contributed by atoms with Crippen LogP contribution in [0.3, 0.4) is 0 Å². The molecule has 7 heteroatoms. The second kappa shape index (κ2) is 9.38. The van der Waals surface area contributed by atoms with Gasteiger partial charge in [0.2, 0.25) is 11.8 Å². The van der Waals surface area contributed by atoms with Gasteiger partial charge in [-0.15, -0.1) is 0 Å². The van der Waals surface area contributed by atoms with E-state index in [1.807, 2.05) is 18.7 Å². The van der Waals surface area contributed by atoms with Crippen molar-refractivity contribution >= 4 is 40.1 Å². The molecule has 2 amide bonds. The van der Waals surface area contributed by atoms with E-state index >= 15 is 0 Å². The van der Waals surface area contributed by atoms with Crippen molar-refractivity contribution in [3.63, 3.8) is 0 Å². The third-order valence-corrected chi connectivity index (χ3v) is 4.81. The average molecular weight is 332 g/mol. The maximum atomic E-state index is 12.3. The lowest BCUT2D eigenvalue weighted by molar-refractivity contribution is -0.134. The predicted octanol–water partition coefficient (Wildman–Crippen LogP) is 1.90. The second-order valence-electron chi connectivity index (χ2n) is 4.94.